The van der Waals surface area contributed by atoms with Gasteiger partial charge in [0.05, 0.1) is 56.3 Å². The lowest BCUT2D eigenvalue weighted by molar-refractivity contribution is -0.0572. The van der Waals surface area contributed by atoms with Gasteiger partial charge in [-0.2, -0.15) is 8.39 Å². The van der Waals surface area contributed by atoms with Gasteiger partial charge in [0.2, 0.25) is 0 Å². The summed E-state index contributed by atoms with van der Waals surface area (Å²) in [6.45, 7) is 5.58. The molecule has 1 saturated carbocycles. The van der Waals surface area contributed by atoms with Crippen LogP contribution in [0.25, 0.3) is 0 Å². The van der Waals surface area contributed by atoms with Gasteiger partial charge in [-0.1, -0.05) is 7.43 Å². The maximum absolute atomic E-state index is 12.8. The second kappa shape index (κ2) is 10.3. The quantitative estimate of drug-likeness (QED) is 0.428. The third-order valence-electron chi connectivity index (χ3n) is 4.81. The molecule has 0 amide bonds. The second-order valence-electron chi connectivity index (χ2n) is 6.95. The van der Waals surface area contributed by atoms with E-state index >= 15 is 0 Å². The Morgan fingerprint density at radius 3 is 1.57 bits per heavy atom. The zero-order chi connectivity index (χ0) is 19.0. The molecule has 4 aliphatic heterocycles. The molecule has 0 aromatic rings. The molecule has 8 nitrogen and oxygen atoms in total. The van der Waals surface area contributed by atoms with E-state index in [9.17, 15) is 8.39 Å². The first-order chi connectivity index (χ1) is 12.9. The fourth-order valence-corrected chi connectivity index (χ4v) is 7.29. The predicted octanol–water partition coefficient (Wildman–Crippen LogP) is 5.33. The largest absolute Gasteiger partial charge is 0.375 e. The highest BCUT2D eigenvalue weighted by atomic mass is 31.2. The molecular formula is C14H26F2O8P4. The summed E-state index contributed by atoms with van der Waals surface area (Å²) in [6.07, 6.45) is 1.31. The minimum absolute atomic E-state index is 0. The highest BCUT2D eigenvalue weighted by Crippen LogP contribution is 2.57. The van der Waals surface area contributed by atoms with Crippen LogP contribution < -0.4 is 0 Å². The Bertz CT molecular complexity index is 442. The average Bonchev–Trinajstić information content (AvgIpc) is 3.18. The number of halogens is 2. The topological polar surface area (TPSA) is 73.8 Å². The van der Waals surface area contributed by atoms with Crippen molar-refractivity contribution in [2.75, 3.05) is 39.8 Å². The third-order valence-corrected chi connectivity index (χ3v) is 8.47. The van der Waals surface area contributed by atoms with Gasteiger partial charge in [0.1, 0.15) is 0 Å². The maximum atomic E-state index is 12.8. The Balaban J connectivity index is 0.000000156. The van der Waals surface area contributed by atoms with Gasteiger partial charge in [-0.25, -0.2) is 0 Å². The van der Waals surface area contributed by atoms with Crippen molar-refractivity contribution >= 4 is 34.1 Å². The van der Waals surface area contributed by atoms with Crippen LogP contribution in [0.1, 0.15) is 20.3 Å². The van der Waals surface area contributed by atoms with Gasteiger partial charge in [0.25, 0.3) is 0 Å². The van der Waals surface area contributed by atoms with Crippen molar-refractivity contribution in [3.8, 4) is 0 Å². The summed E-state index contributed by atoms with van der Waals surface area (Å²) in [5, 5.41) is 0. The monoisotopic (exact) mass is 484 g/mol. The van der Waals surface area contributed by atoms with Crippen LogP contribution in [0.2, 0.25) is 0 Å². The van der Waals surface area contributed by atoms with E-state index in [2.05, 4.69) is 0 Å². The molecule has 5 rings (SSSR count). The van der Waals surface area contributed by atoms with Crippen molar-refractivity contribution in [1.82, 2.24) is 0 Å². The molecule has 0 aromatic carbocycles. The summed E-state index contributed by atoms with van der Waals surface area (Å²) < 4.78 is 67.1. The normalized spacial score (nSPS) is 50.1. The van der Waals surface area contributed by atoms with E-state index in [1.165, 1.54) is 0 Å². The molecule has 1 spiro atoms. The van der Waals surface area contributed by atoms with Crippen LogP contribution in [-0.4, -0.2) is 64.2 Å². The van der Waals surface area contributed by atoms with E-state index in [0.717, 1.165) is 0 Å². The first-order valence-electron chi connectivity index (χ1n) is 8.50. The van der Waals surface area contributed by atoms with Gasteiger partial charge >= 0.3 is 17.4 Å². The van der Waals surface area contributed by atoms with Crippen LogP contribution in [0, 0.1) is 5.41 Å². The van der Waals surface area contributed by atoms with Crippen LogP contribution >= 0.6 is 34.1 Å². The Morgan fingerprint density at radius 2 is 1.07 bits per heavy atom. The lowest BCUT2D eigenvalue weighted by Gasteiger charge is -2.40. The number of fused-ring (bicyclic) bond motifs is 2. The zero-order valence-electron chi connectivity index (χ0n) is 14.9. The van der Waals surface area contributed by atoms with Gasteiger partial charge < -0.3 is 36.2 Å². The third kappa shape index (κ3) is 5.73. The average molecular weight is 484 g/mol. The molecule has 5 aliphatic rings. The summed E-state index contributed by atoms with van der Waals surface area (Å²) >= 11 is 0. The fourth-order valence-electron chi connectivity index (χ4n) is 3.31. The van der Waals surface area contributed by atoms with Gasteiger partial charge in [0.15, 0.2) is 16.8 Å². The summed E-state index contributed by atoms with van der Waals surface area (Å²) in [6, 6.07) is 0. The Morgan fingerprint density at radius 1 is 0.643 bits per heavy atom. The molecule has 0 N–H and O–H groups in total. The van der Waals surface area contributed by atoms with Crippen molar-refractivity contribution in [3.05, 3.63) is 0 Å². The van der Waals surface area contributed by atoms with Gasteiger partial charge in [0, 0.05) is 26.2 Å². The molecule has 164 valence electrons. The molecular weight excluding hydrogens is 458 g/mol. The Labute approximate surface area is 169 Å². The molecule has 0 aromatic heterocycles. The maximum Gasteiger partial charge on any atom is 0.375 e. The molecule has 0 bridgehead atoms. The molecule has 4 heterocycles. The minimum atomic E-state index is -2.16. The van der Waals surface area contributed by atoms with Crippen LogP contribution in [0.3, 0.4) is 0 Å². The van der Waals surface area contributed by atoms with Crippen LogP contribution in [0.5, 0.6) is 0 Å². The number of rotatable bonds is 0. The smallest absolute Gasteiger partial charge is 0.333 e. The van der Waals surface area contributed by atoms with Crippen molar-refractivity contribution in [3.63, 3.8) is 0 Å². The highest BCUT2D eigenvalue weighted by Gasteiger charge is 2.50. The lowest BCUT2D eigenvalue weighted by atomic mass is 9.90. The first-order valence-corrected chi connectivity index (χ1v) is 13.9. The molecule has 0 radical (unpaired) electrons. The van der Waals surface area contributed by atoms with Crippen molar-refractivity contribution in [2.24, 2.45) is 5.41 Å². The first kappa shape index (κ1) is 23.9. The van der Waals surface area contributed by atoms with E-state index in [1.54, 1.807) is 0 Å². The number of hydrogen-bond donors (Lipinski definition) is 0. The summed E-state index contributed by atoms with van der Waals surface area (Å²) in [5.74, 6) is 0. The summed E-state index contributed by atoms with van der Waals surface area (Å²) in [4.78, 5) is 0. The number of hydrogen-bond acceptors (Lipinski definition) is 8. The SMILES string of the molecule is C.CP1OC2CC3OP(F)OC3CC2O1.CP1OCC2(CO1)COP(F)OC2. The van der Waals surface area contributed by atoms with E-state index < -0.39 is 34.1 Å². The fraction of sp³-hybridized carbons (Fsp3) is 1.00. The van der Waals surface area contributed by atoms with E-state index in [4.69, 9.17) is 36.2 Å². The Hall–Kier alpha value is 1.26. The van der Waals surface area contributed by atoms with Crippen LogP contribution in [0.15, 0.2) is 0 Å². The standard InChI is InChI=1S/C7H11FO4P2.C6H11FO4P2.CH4/c1-13-9-4-2-6-7(3-5(4)10-13)12-14(8)11-6;1-12-8-2-6(3-9-12)4-10-13(7)11-5-6;/h4-7H,2-3H2,1H3;2-5H2,1H3;1H4. The molecule has 5 fully saturated rings. The molecule has 4 unspecified atom stereocenters. The van der Waals surface area contributed by atoms with Crippen molar-refractivity contribution in [1.29, 1.82) is 0 Å². The van der Waals surface area contributed by atoms with E-state index in [1.807, 2.05) is 13.3 Å². The zero-order valence-corrected chi connectivity index (χ0v) is 18.4. The van der Waals surface area contributed by atoms with Crippen LogP contribution in [0.4, 0.5) is 8.39 Å². The van der Waals surface area contributed by atoms with Crippen LogP contribution in [-0.2, 0) is 36.2 Å². The van der Waals surface area contributed by atoms with Gasteiger partial charge in [-0.15, -0.1) is 0 Å². The van der Waals surface area contributed by atoms with Crippen molar-refractivity contribution < 1.29 is 44.6 Å². The summed E-state index contributed by atoms with van der Waals surface area (Å²) in [7, 11) is -5.81. The van der Waals surface area contributed by atoms with E-state index in [0.29, 0.717) is 39.3 Å². The molecule has 4 atom stereocenters. The lowest BCUT2D eigenvalue weighted by Crippen LogP contribution is -2.44. The molecule has 4 saturated heterocycles. The minimum Gasteiger partial charge on any atom is -0.333 e. The van der Waals surface area contributed by atoms with Gasteiger partial charge in [-0.05, 0) is 0 Å². The predicted molar refractivity (Wildman–Crippen MR) is 103 cm³/mol. The Kier molecular flexibility index (Phi) is 8.76. The summed E-state index contributed by atoms with van der Waals surface area (Å²) in [5.41, 5.74) is -0.278. The molecule has 1 aliphatic carbocycles. The molecule has 28 heavy (non-hydrogen) atoms. The van der Waals surface area contributed by atoms with E-state index in [-0.39, 0.29) is 37.3 Å². The highest BCUT2D eigenvalue weighted by molar-refractivity contribution is 7.46. The molecule has 14 heteroatoms. The van der Waals surface area contributed by atoms with Gasteiger partial charge in [-0.3, -0.25) is 0 Å². The second-order valence-corrected chi connectivity index (χ2v) is 11.4. The van der Waals surface area contributed by atoms with Crippen molar-refractivity contribution in [2.45, 2.75) is 44.7 Å².